The van der Waals surface area contributed by atoms with E-state index >= 15 is 0 Å². The molecule has 0 aliphatic carbocycles. The zero-order chi connectivity index (χ0) is 9.14. The summed E-state index contributed by atoms with van der Waals surface area (Å²) < 4.78 is 0. The number of phenols is 2. The predicted octanol–water partition coefficient (Wildman–Crippen LogP) is -0.627. The Kier molecular flexibility index (Phi) is 2.52. The third kappa shape index (κ3) is 1.66. The highest BCUT2D eigenvalue weighted by atomic mass is 16.3. The van der Waals surface area contributed by atoms with Crippen molar-refractivity contribution in [3.63, 3.8) is 0 Å². The Morgan fingerprint density at radius 3 is 2.42 bits per heavy atom. The highest BCUT2D eigenvalue weighted by molar-refractivity contribution is 5.41. The Balaban J connectivity index is 2.96. The van der Waals surface area contributed by atoms with Crippen LogP contribution in [0.15, 0.2) is 18.2 Å². The zero-order valence-electron chi connectivity index (χ0n) is 6.57. The van der Waals surface area contributed by atoms with Gasteiger partial charge in [-0.15, -0.1) is 0 Å². The van der Waals surface area contributed by atoms with E-state index in [1.54, 1.807) is 6.07 Å². The summed E-state index contributed by atoms with van der Waals surface area (Å²) in [6.45, 7) is 0.338. The van der Waals surface area contributed by atoms with E-state index in [4.69, 9.17) is 10.2 Å². The lowest BCUT2D eigenvalue weighted by atomic mass is 10.1. The number of aliphatic hydroxyl groups is 1. The van der Waals surface area contributed by atoms with E-state index in [2.05, 4.69) is 5.73 Å². The summed E-state index contributed by atoms with van der Waals surface area (Å²) in [7, 11) is 0. The van der Waals surface area contributed by atoms with Crippen molar-refractivity contribution in [2.24, 2.45) is 0 Å². The molecule has 0 saturated carbocycles. The topological polar surface area (TPSA) is 88.3 Å². The van der Waals surface area contributed by atoms with Gasteiger partial charge in [0.25, 0.3) is 0 Å². The van der Waals surface area contributed by atoms with Crippen molar-refractivity contribution in [2.75, 3.05) is 6.54 Å². The number of benzene rings is 1. The predicted molar refractivity (Wildman–Crippen MR) is 42.5 cm³/mol. The first kappa shape index (κ1) is 8.83. The van der Waals surface area contributed by atoms with Crippen LogP contribution < -0.4 is 5.73 Å². The summed E-state index contributed by atoms with van der Waals surface area (Å²) >= 11 is 0. The van der Waals surface area contributed by atoms with Gasteiger partial charge in [-0.25, -0.2) is 0 Å². The van der Waals surface area contributed by atoms with Gasteiger partial charge in [0.1, 0.15) is 12.6 Å². The molecule has 0 amide bonds. The molecule has 1 unspecified atom stereocenters. The Hall–Kier alpha value is -1.26. The van der Waals surface area contributed by atoms with Gasteiger partial charge in [0, 0.05) is 0 Å². The van der Waals surface area contributed by atoms with Crippen LogP contribution >= 0.6 is 0 Å². The smallest absolute Gasteiger partial charge is 0.157 e. The van der Waals surface area contributed by atoms with Gasteiger partial charge < -0.3 is 21.1 Å². The lowest BCUT2D eigenvalue weighted by Gasteiger charge is -2.06. The fourth-order valence-electron chi connectivity index (χ4n) is 0.914. The minimum absolute atomic E-state index is 0.185. The molecular weight excluding hydrogens is 158 g/mol. The molecule has 0 saturated heterocycles. The lowest BCUT2D eigenvalue weighted by Crippen LogP contribution is -2.52. The minimum Gasteiger partial charge on any atom is -0.504 e. The molecule has 0 fully saturated rings. The van der Waals surface area contributed by atoms with E-state index in [0.29, 0.717) is 12.1 Å². The van der Waals surface area contributed by atoms with Crippen molar-refractivity contribution in [3.8, 4) is 11.5 Å². The first-order valence-corrected chi connectivity index (χ1v) is 3.64. The molecule has 0 aliphatic heterocycles. The molecule has 1 atom stereocenters. The summed E-state index contributed by atoms with van der Waals surface area (Å²) in [4.78, 5) is 0. The Bertz CT molecular complexity index is 275. The van der Waals surface area contributed by atoms with E-state index in [1.165, 1.54) is 12.1 Å². The van der Waals surface area contributed by atoms with Gasteiger partial charge in [-0.2, -0.15) is 0 Å². The molecule has 0 spiro atoms. The first-order chi connectivity index (χ1) is 5.65. The molecule has 1 aromatic rings. The SMILES string of the molecule is [NH3+]CC(O)c1ccc(O)c(O)c1. The van der Waals surface area contributed by atoms with Crippen LogP contribution in [0.1, 0.15) is 11.7 Å². The highest BCUT2D eigenvalue weighted by Gasteiger charge is 2.08. The summed E-state index contributed by atoms with van der Waals surface area (Å²) in [5.74, 6) is -0.407. The number of hydrogen-bond acceptors (Lipinski definition) is 3. The van der Waals surface area contributed by atoms with Gasteiger partial charge in [0.2, 0.25) is 0 Å². The van der Waals surface area contributed by atoms with E-state index < -0.39 is 6.10 Å². The molecule has 0 heterocycles. The number of aromatic hydroxyl groups is 2. The minimum atomic E-state index is -0.684. The molecule has 6 N–H and O–H groups in total. The van der Waals surface area contributed by atoms with E-state index in [1.807, 2.05) is 0 Å². The van der Waals surface area contributed by atoms with Crippen molar-refractivity contribution in [1.82, 2.24) is 0 Å². The molecule has 0 radical (unpaired) electrons. The Labute approximate surface area is 69.9 Å². The van der Waals surface area contributed by atoms with Gasteiger partial charge in [-0.3, -0.25) is 0 Å². The second-order valence-electron chi connectivity index (χ2n) is 2.55. The standard InChI is InChI=1S/C8H11NO3/c9-4-8(12)5-1-2-6(10)7(11)3-5/h1-3,8,10-12H,4,9H2/p+1. The molecule has 12 heavy (non-hydrogen) atoms. The van der Waals surface area contributed by atoms with E-state index in [9.17, 15) is 5.11 Å². The average molecular weight is 170 g/mol. The first-order valence-electron chi connectivity index (χ1n) is 3.64. The second kappa shape index (κ2) is 3.42. The molecule has 1 aromatic carbocycles. The Morgan fingerprint density at radius 1 is 1.25 bits per heavy atom. The third-order valence-corrected chi connectivity index (χ3v) is 1.66. The van der Waals surface area contributed by atoms with Crippen LogP contribution in [0, 0.1) is 0 Å². The number of hydrogen-bond donors (Lipinski definition) is 4. The van der Waals surface area contributed by atoms with Gasteiger partial charge in [-0.1, -0.05) is 6.07 Å². The lowest BCUT2D eigenvalue weighted by molar-refractivity contribution is -0.385. The fraction of sp³-hybridized carbons (Fsp3) is 0.250. The average Bonchev–Trinajstić information content (AvgIpc) is 2.08. The number of quaternary nitrogens is 1. The second-order valence-corrected chi connectivity index (χ2v) is 2.55. The normalized spacial score (nSPS) is 12.8. The molecular formula is C8H12NO3+. The van der Waals surface area contributed by atoms with Crippen LogP contribution in [0.3, 0.4) is 0 Å². The fourth-order valence-corrected chi connectivity index (χ4v) is 0.914. The quantitative estimate of drug-likeness (QED) is 0.446. The van der Waals surface area contributed by atoms with Crippen LogP contribution in [-0.2, 0) is 0 Å². The maximum atomic E-state index is 9.29. The van der Waals surface area contributed by atoms with Gasteiger partial charge in [0.05, 0.1) is 0 Å². The molecule has 4 heteroatoms. The summed E-state index contributed by atoms with van der Waals surface area (Å²) in [5.41, 5.74) is 4.08. The van der Waals surface area contributed by atoms with Gasteiger partial charge in [-0.05, 0) is 17.7 Å². The number of aliphatic hydroxyl groups excluding tert-OH is 1. The van der Waals surface area contributed by atoms with Crippen LogP contribution in [-0.4, -0.2) is 21.9 Å². The third-order valence-electron chi connectivity index (χ3n) is 1.66. The molecule has 1 rings (SSSR count). The molecule has 66 valence electrons. The van der Waals surface area contributed by atoms with Gasteiger partial charge >= 0.3 is 0 Å². The van der Waals surface area contributed by atoms with E-state index in [0.717, 1.165) is 0 Å². The van der Waals surface area contributed by atoms with Crippen molar-refractivity contribution >= 4 is 0 Å². The highest BCUT2D eigenvalue weighted by Crippen LogP contribution is 2.27. The zero-order valence-corrected chi connectivity index (χ0v) is 6.57. The van der Waals surface area contributed by atoms with Crippen LogP contribution in [0.4, 0.5) is 0 Å². The van der Waals surface area contributed by atoms with Crippen molar-refractivity contribution in [3.05, 3.63) is 23.8 Å². The maximum Gasteiger partial charge on any atom is 0.157 e. The van der Waals surface area contributed by atoms with Crippen LogP contribution in [0.25, 0.3) is 0 Å². The number of phenolic OH excluding ortho intramolecular Hbond substituents is 2. The van der Waals surface area contributed by atoms with Crippen molar-refractivity contribution in [1.29, 1.82) is 0 Å². The van der Waals surface area contributed by atoms with Crippen molar-refractivity contribution < 1.29 is 21.1 Å². The maximum absolute atomic E-state index is 9.29. The molecule has 4 nitrogen and oxygen atoms in total. The van der Waals surface area contributed by atoms with Crippen LogP contribution in [0.5, 0.6) is 11.5 Å². The Morgan fingerprint density at radius 2 is 1.92 bits per heavy atom. The van der Waals surface area contributed by atoms with Gasteiger partial charge in [0.15, 0.2) is 11.5 Å². The summed E-state index contributed by atoms with van der Waals surface area (Å²) in [5, 5.41) is 27.3. The van der Waals surface area contributed by atoms with Crippen molar-refractivity contribution in [2.45, 2.75) is 6.10 Å². The number of rotatable bonds is 2. The van der Waals surface area contributed by atoms with Crippen LogP contribution in [0.2, 0.25) is 0 Å². The molecule has 0 aliphatic rings. The largest absolute Gasteiger partial charge is 0.504 e. The molecule has 0 aromatic heterocycles. The summed E-state index contributed by atoms with van der Waals surface area (Å²) in [6.07, 6.45) is -0.684. The van der Waals surface area contributed by atoms with E-state index in [-0.39, 0.29) is 11.5 Å². The molecule has 0 bridgehead atoms. The monoisotopic (exact) mass is 170 g/mol. The summed E-state index contributed by atoms with van der Waals surface area (Å²) in [6, 6.07) is 4.21.